The molecule has 2 amide bonds. The molecule has 3 saturated carbocycles. The summed E-state index contributed by atoms with van der Waals surface area (Å²) >= 11 is 6.62. The van der Waals surface area contributed by atoms with Crippen molar-refractivity contribution in [1.29, 1.82) is 0 Å². The monoisotopic (exact) mass is 509 g/mol. The SMILES string of the molecule is CNC(=O)CNC(=O)[C@H]1C2CCC(CC2)[C@@H]1n1cc(Cl)c2cnc(-c3c[nH]c4ncc(F)cc34)nc21. The lowest BCUT2D eigenvalue weighted by molar-refractivity contribution is -0.135. The molecule has 3 N–H and O–H groups in total. The number of H-pyrrole nitrogens is 1. The highest BCUT2D eigenvalue weighted by Gasteiger charge is 2.48. The molecule has 3 aliphatic rings. The molecule has 4 aromatic heterocycles. The number of aromatic amines is 1. The van der Waals surface area contributed by atoms with Crippen LogP contribution >= 0.6 is 11.6 Å². The maximum atomic E-state index is 13.9. The fraction of sp³-hybridized carbons (Fsp3) is 0.400. The van der Waals surface area contributed by atoms with Crippen LogP contribution in [0.4, 0.5) is 4.39 Å². The standard InChI is InChI=1S/C25H25ClFN7O2/c1-28-19(35)10-32-25(36)20-12-2-4-13(5-3-12)21(20)34-11-18(26)17-9-31-23(33-24(17)34)16-8-30-22-15(16)6-14(27)7-29-22/h6-9,11-13,20-21H,2-5,10H2,1H3,(H,28,35)(H,29,30)(H,32,36)/t12?,13?,20-,21-/m0/s1. The van der Waals surface area contributed by atoms with Gasteiger partial charge in [0.25, 0.3) is 0 Å². The van der Waals surface area contributed by atoms with Crippen LogP contribution in [-0.2, 0) is 9.59 Å². The van der Waals surface area contributed by atoms with Gasteiger partial charge >= 0.3 is 0 Å². The molecule has 7 rings (SSSR count). The van der Waals surface area contributed by atoms with Gasteiger partial charge in [0.15, 0.2) is 5.82 Å². The number of fused-ring (bicyclic) bond motifs is 5. The lowest BCUT2D eigenvalue weighted by Crippen LogP contribution is -2.50. The summed E-state index contributed by atoms with van der Waals surface area (Å²) in [6.45, 7) is -0.0550. The van der Waals surface area contributed by atoms with Crippen LogP contribution in [0.15, 0.2) is 30.9 Å². The number of hydrogen-bond acceptors (Lipinski definition) is 5. The van der Waals surface area contributed by atoms with Crippen molar-refractivity contribution in [1.82, 2.24) is 35.1 Å². The maximum absolute atomic E-state index is 13.9. The van der Waals surface area contributed by atoms with E-state index >= 15 is 0 Å². The molecule has 186 valence electrons. The number of pyridine rings is 1. The zero-order chi connectivity index (χ0) is 25.0. The van der Waals surface area contributed by atoms with Gasteiger partial charge in [0, 0.05) is 42.6 Å². The minimum absolute atomic E-state index is 0.0550. The van der Waals surface area contributed by atoms with Crippen molar-refractivity contribution >= 4 is 45.5 Å². The van der Waals surface area contributed by atoms with Gasteiger partial charge in [-0.2, -0.15) is 0 Å². The lowest BCUT2D eigenvalue weighted by Gasteiger charge is -2.48. The number of aromatic nitrogens is 5. The number of nitrogens with one attached hydrogen (secondary N) is 3. The van der Waals surface area contributed by atoms with Crippen LogP contribution in [0.1, 0.15) is 31.7 Å². The van der Waals surface area contributed by atoms with Gasteiger partial charge in [0.1, 0.15) is 17.1 Å². The van der Waals surface area contributed by atoms with Crippen LogP contribution in [0, 0.1) is 23.6 Å². The van der Waals surface area contributed by atoms with E-state index in [2.05, 4.69) is 25.6 Å². The number of amides is 2. The van der Waals surface area contributed by atoms with E-state index in [9.17, 15) is 14.0 Å². The zero-order valence-corrected chi connectivity index (χ0v) is 20.3. The summed E-state index contributed by atoms with van der Waals surface area (Å²) in [7, 11) is 1.54. The molecule has 4 heterocycles. The average molecular weight is 510 g/mol. The van der Waals surface area contributed by atoms with Gasteiger partial charge in [-0.1, -0.05) is 11.6 Å². The highest BCUT2D eigenvalue weighted by Crippen LogP contribution is 2.52. The lowest BCUT2D eigenvalue weighted by atomic mass is 9.61. The number of rotatable bonds is 5. The third-order valence-corrected chi connectivity index (χ3v) is 8.06. The number of carbonyl (C=O) groups is 2. The summed E-state index contributed by atoms with van der Waals surface area (Å²) in [6, 6.07) is 1.27. The van der Waals surface area contributed by atoms with E-state index in [0.717, 1.165) is 31.9 Å². The van der Waals surface area contributed by atoms with Crippen molar-refractivity contribution < 1.29 is 14.0 Å². The highest BCUT2D eigenvalue weighted by molar-refractivity contribution is 6.35. The van der Waals surface area contributed by atoms with E-state index in [0.29, 0.717) is 44.4 Å². The van der Waals surface area contributed by atoms with Crippen molar-refractivity contribution in [2.45, 2.75) is 31.7 Å². The molecule has 0 radical (unpaired) electrons. The second-order valence-corrected chi connectivity index (χ2v) is 10.1. The molecule has 0 unspecified atom stereocenters. The average Bonchev–Trinajstić information content (AvgIpc) is 3.47. The maximum Gasteiger partial charge on any atom is 0.239 e. The summed E-state index contributed by atoms with van der Waals surface area (Å²) in [6.07, 6.45) is 10.4. The van der Waals surface area contributed by atoms with Gasteiger partial charge in [0.2, 0.25) is 11.8 Å². The molecule has 0 saturated heterocycles. The molecule has 9 nitrogen and oxygen atoms in total. The Morgan fingerprint density at radius 3 is 2.72 bits per heavy atom. The summed E-state index contributed by atoms with van der Waals surface area (Å²) in [5, 5.41) is 7.15. The number of carbonyl (C=O) groups excluding carboxylic acids is 2. The smallest absolute Gasteiger partial charge is 0.239 e. The van der Waals surface area contributed by atoms with Crippen LogP contribution in [0.2, 0.25) is 5.02 Å². The number of hydrogen-bond donors (Lipinski definition) is 3. The van der Waals surface area contributed by atoms with E-state index in [4.69, 9.17) is 16.6 Å². The summed E-state index contributed by atoms with van der Waals surface area (Å²) in [5.74, 6) is -0.162. The van der Waals surface area contributed by atoms with Crippen LogP contribution in [-0.4, -0.2) is 49.9 Å². The topological polar surface area (TPSA) is 118 Å². The van der Waals surface area contributed by atoms with Gasteiger partial charge in [-0.25, -0.2) is 19.3 Å². The first-order chi connectivity index (χ1) is 17.4. The summed E-state index contributed by atoms with van der Waals surface area (Å²) in [4.78, 5) is 41.6. The van der Waals surface area contributed by atoms with Crippen LogP contribution < -0.4 is 10.6 Å². The predicted molar refractivity (Wildman–Crippen MR) is 133 cm³/mol. The molecule has 4 aromatic rings. The van der Waals surface area contributed by atoms with E-state index in [1.807, 2.05) is 10.8 Å². The third-order valence-electron chi connectivity index (χ3n) is 7.76. The fourth-order valence-electron chi connectivity index (χ4n) is 6.07. The van der Waals surface area contributed by atoms with E-state index in [-0.39, 0.29) is 36.2 Å². The third kappa shape index (κ3) is 3.71. The molecule has 3 aliphatic carbocycles. The zero-order valence-electron chi connectivity index (χ0n) is 19.6. The highest BCUT2D eigenvalue weighted by atomic mass is 35.5. The minimum atomic E-state index is -0.445. The molecule has 0 aliphatic heterocycles. The Balaban J connectivity index is 1.43. The van der Waals surface area contributed by atoms with Crippen molar-refractivity contribution in [2.75, 3.05) is 13.6 Å². The van der Waals surface area contributed by atoms with Crippen LogP contribution in [0.3, 0.4) is 0 Å². The number of halogens is 2. The number of likely N-dealkylation sites (N-methyl/N-ethyl adjacent to an activating group) is 1. The van der Waals surface area contributed by atoms with E-state index in [1.165, 1.54) is 6.07 Å². The number of nitrogens with zero attached hydrogens (tertiary/aromatic N) is 4. The van der Waals surface area contributed by atoms with Gasteiger partial charge in [-0.05, 0) is 43.6 Å². The molecule has 0 spiro atoms. The molecular formula is C25H25ClFN7O2. The normalized spacial score (nSPS) is 23.3. The van der Waals surface area contributed by atoms with Gasteiger partial charge < -0.3 is 20.2 Å². The predicted octanol–water partition coefficient (Wildman–Crippen LogP) is 3.61. The summed E-state index contributed by atoms with van der Waals surface area (Å²) < 4.78 is 15.9. The van der Waals surface area contributed by atoms with Crippen LogP contribution in [0.25, 0.3) is 33.5 Å². The minimum Gasteiger partial charge on any atom is -0.358 e. The van der Waals surface area contributed by atoms with Crippen molar-refractivity contribution in [2.24, 2.45) is 17.8 Å². The Kier molecular flexibility index (Phi) is 5.63. The molecule has 11 heteroatoms. The van der Waals surface area contributed by atoms with Gasteiger partial charge in [0.05, 0.1) is 29.1 Å². The Labute approximate surface area is 210 Å². The molecule has 2 bridgehead atoms. The van der Waals surface area contributed by atoms with Crippen molar-refractivity contribution in [3.05, 3.63) is 41.7 Å². The van der Waals surface area contributed by atoms with E-state index in [1.54, 1.807) is 19.4 Å². The molecule has 36 heavy (non-hydrogen) atoms. The second-order valence-electron chi connectivity index (χ2n) is 9.65. The Bertz CT molecular complexity index is 1490. The Morgan fingerprint density at radius 1 is 1.17 bits per heavy atom. The largest absolute Gasteiger partial charge is 0.358 e. The van der Waals surface area contributed by atoms with E-state index < -0.39 is 5.82 Å². The van der Waals surface area contributed by atoms with Crippen molar-refractivity contribution in [3.8, 4) is 11.4 Å². The molecule has 0 aromatic carbocycles. The second kappa shape index (κ2) is 8.85. The van der Waals surface area contributed by atoms with Gasteiger partial charge in [-0.3, -0.25) is 9.59 Å². The molecular weight excluding hydrogens is 485 g/mol. The fourth-order valence-corrected chi connectivity index (χ4v) is 6.31. The van der Waals surface area contributed by atoms with Crippen LogP contribution in [0.5, 0.6) is 0 Å². The Hall–Kier alpha value is -3.53. The quantitative estimate of drug-likeness (QED) is 0.380. The van der Waals surface area contributed by atoms with Gasteiger partial charge in [-0.15, -0.1) is 0 Å². The first-order valence-corrected chi connectivity index (χ1v) is 12.5. The molecule has 2 atom stereocenters. The Morgan fingerprint density at radius 2 is 1.94 bits per heavy atom. The summed E-state index contributed by atoms with van der Waals surface area (Å²) in [5.41, 5.74) is 1.80. The first-order valence-electron chi connectivity index (χ1n) is 12.1. The first kappa shape index (κ1) is 22.9. The molecule has 3 fully saturated rings. The van der Waals surface area contributed by atoms with Crippen molar-refractivity contribution in [3.63, 3.8) is 0 Å².